The van der Waals surface area contributed by atoms with Crippen molar-refractivity contribution in [3.8, 4) is 0 Å². The monoisotopic (exact) mass is 330 g/mol. The predicted molar refractivity (Wildman–Crippen MR) is 89.6 cm³/mol. The Hall–Kier alpha value is -2.28. The summed E-state index contributed by atoms with van der Waals surface area (Å²) in [5, 5.41) is 12.1. The van der Waals surface area contributed by atoms with Gasteiger partial charge in [-0.25, -0.2) is 0 Å². The molecule has 2 aromatic rings. The summed E-state index contributed by atoms with van der Waals surface area (Å²) >= 11 is 1.37. The van der Waals surface area contributed by atoms with Crippen LogP contribution in [0, 0.1) is 12.8 Å². The van der Waals surface area contributed by atoms with E-state index in [1.54, 1.807) is 4.90 Å². The molecule has 0 saturated carbocycles. The van der Waals surface area contributed by atoms with Gasteiger partial charge >= 0.3 is 0 Å². The zero-order chi connectivity index (χ0) is 16.4. The number of hydrogen-bond donors (Lipinski definition) is 1. The molecule has 0 aliphatic carbocycles. The lowest BCUT2D eigenvalue weighted by Gasteiger charge is -2.18. The highest BCUT2D eigenvalue weighted by Gasteiger charge is 2.35. The number of carbonyl (C=O) groups is 2. The Kier molecular flexibility index (Phi) is 4.38. The number of rotatable bonds is 4. The molecule has 2 amide bonds. The molecule has 1 atom stereocenters. The van der Waals surface area contributed by atoms with Crippen LogP contribution in [0.4, 0.5) is 10.8 Å². The minimum atomic E-state index is -0.365. The van der Waals surface area contributed by atoms with Crippen LogP contribution in [-0.4, -0.2) is 28.6 Å². The quantitative estimate of drug-likeness (QED) is 0.934. The summed E-state index contributed by atoms with van der Waals surface area (Å²) in [5.41, 5.74) is 1.90. The van der Waals surface area contributed by atoms with Gasteiger partial charge in [0.1, 0.15) is 5.01 Å². The van der Waals surface area contributed by atoms with Gasteiger partial charge in [-0.3, -0.25) is 9.59 Å². The summed E-state index contributed by atoms with van der Waals surface area (Å²) in [5.74, 6) is -0.560. The first kappa shape index (κ1) is 15.6. The zero-order valence-electron chi connectivity index (χ0n) is 13.1. The molecule has 0 radical (unpaired) electrons. The molecule has 1 aromatic carbocycles. The lowest BCUT2D eigenvalue weighted by Crippen LogP contribution is -2.28. The topological polar surface area (TPSA) is 75.2 Å². The van der Waals surface area contributed by atoms with Crippen LogP contribution in [0.1, 0.15) is 23.9 Å². The molecule has 0 bridgehead atoms. The molecule has 1 aliphatic heterocycles. The van der Waals surface area contributed by atoms with Crippen molar-refractivity contribution in [2.45, 2.75) is 26.7 Å². The van der Waals surface area contributed by atoms with Gasteiger partial charge in [0.25, 0.3) is 0 Å². The molecular formula is C16H18N4O2S. The largest absolute Gasteiger partial charge is 0.311 e. The number of anilines is 2. The summed E-state index contributed by atoms with van der Waals surface area (Å²) in [7, 11) is 0. The van der Waals surface area contributed by atoms with Crippen LogP contribution in [0.25, 0.3) is 0 Å². The second-order valence-corrected chi connectivity index (χ2v) is 6.60. The second-order valence-electron chi connectivity index (χ2n) is 5.54. The van der Waals surface area contributed by atoms with E-state index in [-0.39, 0.29) is 24.2 Å². The van der Waals surface area contributed by atoms with Crippen LogP contribution in [-0.2, 0) is 16.0 Å². The summed E-state index contributed by atoms with van der Waals surface area (Å²) in [6.07, 6.45) is 1.01. The molecule has 0 unspecified atom stereocenters. The molecule has 2 heterocycles. The number of hydrogen-bond acceptors (Lipinski definition) is 5. The number of para-hydroxylation sites is 1. The maximum atomic E-state index is 12.4. The number of nitrogens with one attached hydrogen (secondary N) is 1. The maximum absolute atomic E-state index is 12.4. The van der Waals surface area contributed by atoms with Crippen LogP contribution in [0.3, 0.4) is 0 Å². The SMILES string of the molecule is CCc1nnc(NC(=O)[C@H]2CC(=O)N(c3ccccc3C)C2)s1. The fourth-order valence-electron chi connectivity index (χ4n) is 2.64. The average molecular weight is 330 g/mol. The van der Waals surface area contributed by atoms with Crippen LogP contribution in [0.2, 0.25) is 0 Å². The normalized spacial score (nSPS) is 17.6. The lowest BCUT2D eigenvalue weighted by molar-refractivity contribution is -0.122. The molecule has 6 nitrogen and oxygen atoms in total. The number of nitrogens with zero attached hydrogens (tertiary/aromatic N) is 3. The van der Waals surface area contributed by atoms with Crippen LogP contribution in [0.15, 0.2) is 24.3 Å². The van der Waals surface area contributed by atoms with E-state index in [1.165, 1.54) is 11.3 Å². The standard InChI is InChI=1S/C16H18N4O2S/c1-3-13-18-19-16(23-13)17-15(22)11-8-14(21)20(9-11)12-7-5-4-6-10(12)2/h4-7,11H,3,8-9H2,1-2H3,(H,17,19,22)/t11-/m0/s1. The van der Waals surface area contributed by atoms with E-state index in [9.17, 15) is 9.59 Å². The molecule has 3 rings (SSSR count). The van der Waals surface area contributed by atoms with Crippen LogP contribution in [0.5, 0.6) is 0 Å². The van der Waals surface area contributed by atoms with E-state index in [2.05, 4.69) is 15.5 Å². The Morgan fingerprint density at radius 1 is 1.39 bits per heavy atom. The van der Waals surface area contributed by atoms with Gasteiger partial charge in [-0.2, -0.15) is 0 Å². The van der Waals surface area contributed by atoms with E-state index in [4.69, 9.17) is 0 Å². The first-order chi connectivity index (χ1) is 11.1. The van der Waals surface area contributed by atoms with Gasteiger partial charge in [0, 0.05) is 18.7 Å². The van der Waals surface area contributed by atoms with Crippen molar-refractivity contribution in [2.75, 3.05) is 16.8 Å². The highest BCUT2D eigenvalue weighted by molar-refractivity contribution is 7.15. The van der Waals surface area contributed by atoms with Gasteiger partial charge in [-0.05, 0) is 25.0 Å². The van der Waals surface area contributed by atoms with Gasteiger partial charge in [0.2, 0.25) is 16.9 Å². The highest BCUT2D eigenvalue weighted by Crippen LogP contribution is 2.28. The molecule has 1 aromatic heterocycles. The van der Waals surface area contributed by atoms with E-state index >= 15 is 0 Å². The van der Waals surface area contributed by atoms with E-state index < -0.39 is 0 Å². The van der Waals surface area contributed by atoms with Gasteiger partial charge in [-0.15, -0.1) is 10.2 Å². The molecule has 1 aliphatic rings. The third-order valence-electron chi connectivity index (χ3n) is 3.90. The highest BCUT2D eigenvalue weighted by atomic mass is 32.1. The molecule has 1 fully saturated rings. The number of amides is 2. The molecule has 1 saturated heterocycles. The van der Waals surface area contributed by atoms with E-state index in [0.717, 1.165) is 22.7 Å². The number of aryl methyl sites for hydroxylation is 2. The van der Waals surface area contributed by atoms with Crippen molar-refractivity contribution in [3.05, 3.63) is 34.8 Å². The number of aromatic nitrogens is 2. The first-order valence-electron chi connectivity index (χ1n) is 7.57. The second kappa shape index (κ2) is 6.45. The Balaban J connectivity index is 1.69. The van der Waals surface area contributed by atoms with Crippen molar-refractivity contribution in [1.82, 2.24) is 10.2 Å². The zero-order valence-corrected chi connectivity index (χ0v) is 13.9. The van der Waals surface area contributed by atoms with Crippen molar-refractivity contribution in [3.63, 3.8) is 0 Å². The Bertz CT molecular complexity index is 743. The van der Waals surface area contributed by atoms with Crippen molar-refractivity contribution >= 4 is 34.0 Å². The summed E-state index contributed by atoms with van der Waals surface area (Å²) in [6.45, 7) is 4.35. The van der Waals surface area contributed by atoms with Gasteiger partial charge in [0.05, 0.1) is 5.92 Å². The third-order valence-corrected chi connectivity index (χ3v) is 4.88. The summed E-state index contributed by atoms with van der Waals surface area (Å²) < 4.78 is 0. The fourth-order valence-corrected chi connectivity index (χ4v) is 3.32. The third kappa shape index (κ3) is 3.24. The molecular weight excluding hydrogens is 312 g/mol. The van der Waals surface area contributed by atoms with Gasteiger partial charge in [-0.1, -0.05) is 36.5 Å². The van der Waals surface area contributed by atoms with E-state index in [0.29, 0.717) is 11.7 Å². The summed E-state index contributed by atoms with van der Waals surface area (Å²) in [4.78, 5) is 26.3. The van der Waals surface area contributed by atoms with Gasteiger partial charge < -0.3 is 10.2 Å². The average Bonchev–Trinajstić information content (AvgIpc) is 3.14. The van der Waals surface area contributed by atoms with Crippen LogP contribution < -0.4 is 10.2 Å². The molecule has 0 spiro atoms. The van der Waals surface area contributed by atoms with E-state index in [1.807, 2.05) is 38.1 Å². The predicted octanol–water partition coefficient (Wildman–Crippen LogP) is 2.40. The summed E-state index contributed by atoms with van der Waals surface area (Å²) in [6, 6.07) is 7.70. The first-order valence-corrected chi connectivity index (χ1v) is 8.39. The lowest BCUT2D eigenvalue weighted by atomic mass is 10.1. The van der Waals surface area contributed by atoms with Crippen molar-refractivity contribution in [2.24, 2.45) is 5.92 Å². The smallest absolute Gasteiger partial charge is 0.231 e. The molecule has 23 heavy (non-hydrogen) atoms. The Morgan fingerprint density at radius 2 is 2.17 bits per heavy atom. The molecule has 120 valence electrons. The molecule has 7 heteroatoms. The minimum absolute atomic E-state index is 0.0223. The van der Waals surface area contributed by atoms with Crippen molar-refractivity contribution in [1.29, 1.82) is 0 Å². The van der Waals surface area contributed by atoms with Crippen molar-refractivity contribution < 1.29 is 9.59 Å². The molecule has 1 N–H and O–H groups in total. The van der Waals surface area contributed by atoms with Crippen LogP contribution >= 0.6 is 11.3 Å². The van der Waals surface area contributed by atoms with Gasteiger partial charge in [0.15, 0.2) is 0 Å². The number of benzene rings is 1. The number of carbonyl (C=O) groups excluding carboxylic acids is 2. The Morgan fingerprint density at radius 3 is 2.87 bits per heavy atom. The minimum Gasteiger partial charge on any atom is -0.311 e. The Labute approximate surface area is 138 Å². The fraction of sp³-hybridized carbons (Fsp3) is 0.375. The maximum Gasteiger partial charge on any atom is 0.231 e.